The van der Waals surface area contributed by atoms with Crippen LogP contribution in [0.15, 0.2) is 30.6 Å². The molecule has 0 saturated carbocycles. The topological polar surface area (TPSA) is 89.7 Å². The van der Waals surface area contributed by atoms with Crippen LogP contribution in [0.2, 0.25) is 0 Å². The van der Waals surface area contributed by atoms with E-state index in [1.165, 1.54) is 18.5 Å². The van der Waals surface area contributed by atoms with Crippen LogP contribution in [-0.4, -0.2) is 26.5 Å². The van der Waals surface area contributed by atoms with Gasteiger partial charge in [0.2, 0.25) is 0 Å². The Balaban J connectivity index is 1.66. The van der Waals surface area contributed by atoms with E-state index in [1.54, 1.807) is 12.1 Å². The second kappa shape index (κ2) is 5.12. The minimum atomic E-state index is -0.293. The van der Waals surface area contributed by atoms with Crippen molar-refractivity contribution in [1.29, 1.82) is 0 Å². The van der Waals surface area contributed by atoms with Crippen LogP contribution in [0.4, 0.5) is 10.2 Å². The number of benzene rings is 1. The van der Waals surface area contributed by atoms with Gasteiger partial charge in [0.25, 0.3) is 0 Å². The molecule has 0 aliphatic carbocycles. The van der Waals surface area contributed by atoms with E-state index in [-0.39, 0.29) is 5.82 Å². The largest absolute Gasteiger partial charge is 0.493 e. The minimum Gasteiger partial charge on any atom is -0.493 e. The van der Waals surface area contributed by atoms with Crippen LogP contribution in [0.3, 0.4) is 0 Å². The number of ether oxygens (including phenoxy) is 1. The van der Waals surface area contributed by atoms with Gasteiger partial charge < -0.3 is 15.5 Å². The summed E-state index contributed by atoms with van der Waals surface area (Å²) in [5.41, 5.74) is 6.95. The van der Waals surface area contributed by atoms with E-state index in [9.17, 15) is 4.39 Å². The van der Waals surface area contributed by atoms with Gasteiger partial charge >= 0.3 is 0 Å². The zero-order valence-electron chi connectivity index (χ0n) is 10.5. The first-order valence-electron chi connectivity index (χ1n) is 6.06. The summed E-state index contributed by atoms with van der Waals surface area (Å²) in [6.07, 6.45) is 2.02. The number of aromatic nitrogens is 4. The summed E-state index contributed by atoms with van der Waals surface area (Å²) in [4.78, 5) is 15.4. The van der Waals surface area contributed by atoms with E-state index in [2.05, 4.69) is 19.9 Å². The SMILES string of the molecule is Nc1nc(CCOc2ccc(F)cc2)nc2[nH]cnc12. The van der Waals surface area contributed by atoms with Crippen LogP contribution < -0.4 is 10.5 Å². The van der Waals surface area contributed by atoms with Gasteiger partial charge in [0.1, 0.15) is 22.9 Å². The number of hydrogen-bond donors (Lipinski definition) is 2. The number of imidazole rings is 1. The summed E-state index contributed by atoms with van der Waals surface area (Å²) >= 11 is 0. The Morgan fingerprint density at radius 2 is 2.00 bits per heavy atom. The zero-order chi connectivity index (χ0) is 13.9. The van der Waals surface area contributed by atoms with Crippen LogP contribution in [0.1, 0.15) is 5.82 Å². The average Bonchev–Trinajstić information content (AvgIpc) is 2.90. The van der Waals surface area contributed by atoms with Crippen molar-refractivity contribution in [1.82, 2.24) is 19.9 Å². The average molecular weight is 273 g/mol. The molecule has 6 nitrogen and oxygen atoms in total. The van der Waals surface area contributed by atoms with Gasteiger partial charge in [0, 0.05) is 6.42 Å². The molecule has 3 aromatic rings. The molecule has 0 aliphatic rings. The molecule has 0 unspecified atom stereocenters. The van der Waals surface area contributed by atoms with Gasteiger partial charge in [-0.05, 0) is 24.3 Å². The highest BCUT2D eigenvalue weighted by Gasteiger charge is 2.07. The molecule has 0 spiro atoms. The summed E-state index contributed by atoms with van der Waals surface area (Å²) in [6, 6.07) is 5.84. The molecule has 7 heteroatoms. The lowest BCUT2D eigenvalue weighted by Gasteiger charge is -2.05. The first kappa shape index (κ1) is 12.3. The third kappa shape index (κ3) is 2.51. The lowest BCUT2D eigenvalue weighted by atomic mass is 10.3. The molecule has 0 bridgehead atoms. The maximum absolute atomic E-state index is 12.7. The maximum Gasteiger partial charge on any atom is 0.163 e. The molecule has 3 N–H and O–H groups in total. The van der Waals surface area contributed by atoms with Gasteiger partial charge in [0.15, 0.2) is 11.5 Å². The number of fused-ring (bicyclic) bond motifs is 1. The standard InChI is InChI=1S/C13H12FN5O/c14-8-1-3-9(4-2-8)20-6-5-10-18-12(15)11-13(19-10)17-7-16-11/h1-4,7H,5-6H2,(H3,15,16,17,18,19). The molecule has 0 radical (unpaired) electrons. The number of nitrogens with two attached hydrogens (primary N) is 1. The van der Waals surface area contributed by atoms with Crippen molar-refractivity contribution in [3.8, 4) is 5.75 Å². The number of anilines is 1. The monoisotopic (exact) mass is 273 g/mol. The minimum absolute atomic E-state index is 0.293. The van der Waals surface area contributed by atoms with Crippen molar-refractivity contribution < 1.29 is 9.13 Å². The van der Waals surface area contributed by atoms with Crippen molar-refractivity contribution in [2.45, 2.75) is 6.42 Å². The number of halogens is 1. The van der Waals surface area contributed by atoms with Crippen molar-refractivity contribution >= 4 is 17.0 Å². The summed E-state index contributed by atoms with van der Waals surface area (Å²) in [5, 5.41) is 0. The van der Waals surface area contributed by atoms with Crippen molar-refractivity contribution in [3.05, 3.63) is 42.2 Å². The van der Waals surface area contributed by atoms with E-state index in [1.807, 2.05) is 0 Å². The van der Waals surface area contributed by atoms with Crippen LogP contribution >= 0.6 is 0 Å². The Hall–Kier alpha value is -2.70. The molecule has 0 saturated heterocycles. The van der Waals surface area contributed by atoms with Crippen LogP contribution in [0.25, 0.3) is 11.2 Å². The fourth-order valence-corrected chi connectivity index (χ4v) is 1.81. The predicted molar refractivity (Wildman–Crippen MR) is 71.7 cm³/mol. The van der Waals surface area contributed by atoms with E-state index in [0.717, 1.165) is 0 Å². The molecular weight excluding hydrogens is 261 g/mol. The molecule has 0 fully saturated rings. The second-order valence-corrected chi connectivity index (χ2v) is 4.18. The van der Waals surface area contributed by atoms with Crippen molar-refractivity contribution in [2.24, 2.45) is 0 Å². The second-order valence-electron chi connectivity index (χ2n) is 4.18. The highest BCUT2D eigenvalue weighted by atomic mass is 19.1. The fraction of sp³-hybridized carbons (Fsp3) is 0.154. The summed E-state index contributed by atoms with van der Waals surface area (Å²) < 4.78 is 18.2. The van der Waals surface area contributed by atoms with Crippen LogP contribution in [0, 0.1) is 5.82 Å². The smallest absolute Gasteiger partial charge is 0.163 e. The van der Waals surface area contributed by atoms with Gasteiger partial charge in [0.05, 0.1) is 12.9 Å². The number of hydrogen-bond acceptors (Lipinski definition) is 5. The Kier molecular flexibility index (Phi) is 3.16. The molecule has 0 atom stereocenters. The zero-order valence-corrected chi connectivity index (χ0v) is 10.5. The van der Waals surface area contributed by atoms with E-state index >= 15 is 0 Å². The third-order valence-electron chi connectivity index (χ3n) is 2.76. The van der Waals surface area contributed by atoms with Gasteiger partial charge in [-0.3, -0.25) is 0 Å². The maximum atomic E-state index is 12.7. The molecule has 2 aromatic heterocycles. The molecule has 20 heavy (non-hydrogen) atoms. The van der Waals surface area contributed by atoms with Gasteiger partial charge in [-0.25, -0.2) is 19.3 Å². The number of nitrogens with one attached hydrogen (secondary N) is 1. The summed E-state index contributed by atoms with van der Waals surface area (Å²) in [7, 11) is 0. The molecule has 0 amide bonds. The molecule has 0 aliphatic heterocycles. The first-order valence-corrected chi connectivity index (χ1v) is 6.06. The van der Waals surface area contributed by atoms with E-state index in [4.69, 9.17) is 10.5 Å². The van der Waals surface area contributed by atoms with Gasteiger partial charge in [-0.1, -0.05) is 0 Å². The third-order valence-corrected chi connectivity index (χ3v) is 2.76. The number of nitrogen functional groups attached to an aromatic ring is 1. The highest BCUT2D eigenvalue weighted by Crippen LogP contribution is 2.14. The summed E-state index contributed by atoms with van der Waals surface area (Å²) in [6.45, 7) is 0.380. The number of rotatable bonds is 4. The predicted octanol–water partition coefficient (Wildman–Crippen LogP) is 1.70. The van der Waals surface area contributed by atoms with Crippen LogP contribution in [-0.2, 0) is 6.42 Å². The lowest BCUT2D eigenvalue weighted by molar-refractivity contribution is 0.318. The van der Waals surface area contributed by atoms with Gasteiger partial charge in [-0.15, -0.1) is 0 Å². The molecule has 102 valence electrons. The fourth-order valence-electron chi connectivity index (χ4n) is 1.81. The normalized spacial score (nSPS) is 10.8. The molecule has 3 rings (SSSR count). The summed E-state index contributed by atoms with van der Waals surface area (Å²) in [5.74, 6) is 1.22. The molecule has 2 heterocycles. The Morgan fingerprint density at radius 3 is 2.80 bits per heavy atom. The van der Waals surface area contributed by atoms with Gasteiger partial charge in [-0.2, -0.15) is 0 Å². The quantitative estimate of drug-likeness (QED) is 0.755. The Labute approximate surface area is 113 Å². The molecule has 1 aromatic carbocycles. The van der Waals surface area contributed by atoms with E-state index < -0.39 is 0 Å². The van der Waals surface area contributed by atoms with Crippen molar-refractivity contribution in [2.75, 3.05) is 12.3 Å². The number of nitrogens with zero attached hydrogens (tertiary/aromatic N) is 3. The number of H-pyrrole nitrogens is 1. The highest BCUT2D eigenvalue weighted by molar-refractivity contribution is 5.80. The first-order chi connectivity index (χ1) is 9.72. The molecular formula is C13H12FN5O. The Bertz CT molecular complexity index is 725. The van der Waals surface area contributed by atoms with E-state index in [0.29, 0.717) is 41.6 Å². The van der Waals surface area contributed by atoms with Crippen LogP contribution in [0.5, 0.6) is 5.75 Å². The van der Waals surface area contributed by atoms with Crippen molar-refractivity contribution in [3.63, 3.8) is 0 Å². The Morgan fingerprint density at radius 1 is 1.20 bits per heavy atom. The number of aromatic amines is 1. The lowest BCUT2D eigenvalue weighted by Crippen LogP contribution is -2.07.